The summed E-state index contributed by atoms with van der Waals surface area (Å²) >= 11 is 0. The Hall–Kier alpha value is -2.78. The molecule has 1 heterocycles. The highest BCUT2D eigenvalue weighted by atomic mass is 32.2. The Morgan fingerprint density at radius 2 is 1.65 bits per heavy atom. The van der Waals surface area contributed by atoms with Crippen molar-refractivity contribution < 1.29 is 26.3 Å². The van der Waals surface area contributed by atoms with Gasteiger partial charge in [0.1, 0.15) is 5.92 Å². The molecule has 0 amide bonds. The van der Waals surface area contributed by atoms with Crippen LogP contribution in [0.3, 0.4) is 0 Å². The zero-order valence-corrected chi connectivity index (χ0v) is 17.9. The Morgan fingerprint density at radius 3 is 2.23 bits per heavy atom. The summed E-state index contributed by atoms with van der Waals surface area (Å²) in [5.41, 5.74) is 0.394. The molecular weight excluding hydrogens is 429 g/mol. The van der Waals surface area contributed by atoms with Crippen LogP contribution in [0.15, 0.2) is 77.8 Å². The second-order valence-corrected chi connectivity index (χ2v) is 8.94. The van der Waals surface area contributed by atoms with E-state index >= 15 is 0 Å². The maximum absolute atomic E-state index is 14.0. The lowest BCUT2D eigenvalue weighted by atomic mass is 9.94. The number of hydrogen-bond donors (Lipinski definition) is 0. The van der Waals surface area contributed by atoms with Crippen LogP contribution in [0.25, 0.3) is 0 Å². The van der Waals surface area contributed by atoms with Crippen molar-refractivity contribution >= 4 is 15.7 Å². The van der Waals surface area contributed by atoms with Gasteiger partial charge in [-0.05, 0) is 42.0 Å². The van der Waals surface area contributed by atoms with Gasteiger partial charge in [0.2, 0.25) is 0 Å². The van der Waals surface area contributed by atoms with Crippen LogP contribution in [0.5, 0.6) is 0 Å². The monoisotopic (exact) mass is 452 g/mol. The van der Waals surface area contributed by atoms with Gasteiger partial charge < -0.3 is 9.30 Å². The van der Waals surface area contributed by atoms with Crippen LogP contribution >= 0.6 is 0 Å². The average molecular weight is 452 g/mol. The van der Waals surface area contributed by atoms with Crippen LogP contribution in [0.4, 0.5) is 18.9 Å². The van der Waals surface area contributed by atoms with Gasteiger partial charge in [-0.3, -0.25) is 4.31 Å². The van der Waals surface area contributed by atoms with Crippen molar-refractivity contribution in [2.24, 2.45) is 0 Å². The molecule has 0 radical (unpaired) electrons. The summed E-state index contributed by atoms with van der Waals surface area (Å²) in [6, 6.07) is 16.3. The largest absolute Gasteiger partial charge is 0.401 e. The minimum Gasteiger partial charge on any atom is -0.383 e. The van der Waals surface area contributed by atoms with Gasteiger partial charge in [0, 0.05) is 32.6 Å². The number of sulfonamides is 1. The zero-order valence-electron chi connectivity index (χ0n) is 17.1. The fourth-order valence-electron chi connectivity index (χ4n) is 3.38. The SMILES string of the molecule is COCCn1cccc1C(c1ccc(N(C)S(=O)(=O)c2ccccc2)cc1)C(F)(F)F. The van der Waals surface area contributed by atoms with Crippen LogP contribution < -0.4 is 4.31 Å². The van der Waals surface area contributed by atoms with E-state index in [1.54, 1.807) is 30.5 Å². The van der Waals surface area contributed by atoms with Gasteiger partial charge in [-0.25, -0.2) is 8.42 Å². The molecular formula is C22H23F3N2O3S. The third kappa shape index (κ3) is 4.94. The van der Waals surface area contributed by atoms with E-state index in [0.29, 0.717) is 6.54 Å². The van der Waals surface area contributed by atoms with Crippen molar-refractivity contribution in [1.82, 2.24) is 4.57 Å². The summed E-state index contributed by atoms with van der Waals surface area (Å²) < 4.78 is 75.1. The molecule has 0 bridgehead atoms. The quantitative estimate of drug-likeness (QED) is 0.500. The number of alkyl halides is 3. The standard InChI is InChI=1S/C22H23F3N2O3S/c1-26(31(28,29)19-7-4-3-5-8-19)18-12-10-17(11-13-18)21(22(23,24)25)20-9-6-14-27(20)15-16-30-2/h3-14,21H,15-16H2,1-2H3. The number of benzene rings is 2. The summed E-state index contributed by atoms with van der Waals surface area (Å²) in [7, 11) is -0.962. The summed E-state index contributed by atoms with van der Waals surface area (Å²) in [6.07, 6.45) is -2.94. The molecule has 0 fully saturated rings. The predicted octanol–water partition coefficient (Wildman–Crippen LogP) is 4.65. The molecule has 3 aromatic rings. The highest BCUT2D eigenvalue weighted by molar-refractivity contribution is 7.92. The average Bonchev–Trinajstić information content (AvgIpc) is 3.19. The summed E-state index contributed by atoms with van der Waals surface area (Å²) in [4.78, 5) is 0.103. The van der Waals surface area contributed by atoms with E-state index in [9.17, 15) is 21.6 Å². The molecule has 1 atom stereocenters. The molecule has 31 heavy (non-hydrogen) atoms. The highest BCUT2D eigenvalue weighted by Crippen LogP contribution is 2.41. The molecule has 0 saturated heterocycles. The molecule has 5 nitrogen and oxygen atoms in total. The first-order valence-corrected chi connectivity index (χ1v) is 10.9. The van der Waals surface area contributed by atoms with Crippen LogP contribution in [-0.2, 0) is 21.3 Å². The number of rotatable bonds is 8. The van der Waals surface area contributed by atoms with Crippen molar-refractivity contribution in [3.8, 4) is 0 Å². The Bertz CT molecular complexity index is 1100. The Morgan fingerprint density at radius 1 is 1.00 bits per heavy atom. The summed E-state index contributed by atoms with van der Waals surface area (Å²) in [6.45, 7) is 0.578. The first kappa shape index (κ1) is 22.9. The molecule has 1 aromatic heterocycles. The third-order valence-corrected chi connectivity index (χ3v) is 6.82. The van der Waals surface area contributed by atoms with Crippen molar-refractivity contribution in [3.05, 3.63) is 84.2 Å². The number of halogens is 3. The molecule has 0 aliphatic carbocycles. The van der Waals surface area contributed by atoms with Gasteiger partial charge in [0.05, 0.1) is 17.2 Å². The van der Waals surface area contributed by atoms with Crippen molar-refractivity contribution in [2.75, 3.05) is 25.1 Å². The first-order valence-electron chi connectivity index (χ1n) is 9.51. The van der Waals surface area contributed by atoms with Gasteiger partial charge in [-0.2, -0.15) is 13.2 Å². The van der Waals surface area contributed by atoms with Gasteiger partial charge >= 0.3 is 6.18 Å². The fourth-order valence-corrected chi connectivity index (χ4v) is 4.59. The van der Waals surface area contributed by atoms with E-state index in [1.807, 2.05) is 0 Å². The van der Waals surface area contributed by atoms with Gasteiger partial charge in [0.15, 0.2) is 0 Å². The predicted molar refractivity (Wildman–Crippen MR) is 113 cm³/mol. The Balaban J connectivity index is 1.93. The molecule has 0 saturated carbocycles. The third-order valence-electron chi connectivity index (χ3n) is 5.02. The molecule has 3 rings (SSSR count). The summed E-state index contributed by atoms with van der Waals surface area (Å²) in [5.74, 6) is -1.84. The van der Waals surface area contributed by atoms with E-state index in [2.05, 4.69) is 0 Å². The van der Waals surface area contributed by atoms with Crippen molar-refractivity contribution in [2.45, 2.75) is 23.5 Å². The molecule has 1 unspecified atom stereocenters. The van der Waals surface area contributed by atoms with E-state index in [0.717, 1.165) is 4.31 Å². The van der Waals surface area contributed by atoms with Gasteiger partial charge in [-0.1, -0.05) is 30.3 Å². The topological polar surface area (TPSA) is 51.5 Å². The smallest absolute Gasteiger partial charge is 0.383 e. The maximum Gasteiger partial charge on any atom is 0.401 e. The number of nitrogens with zero attached hydrogens (tertiary/aromatic N) is 2. The number of methoxy groups -OCH3 is 1. The summed E-state index contributed by atoms with van der Waals surface area (Å²) in [5, 5.41) is 0. The molecule has 0 aliphatic rings. The second-order valence-electron chi connectivity index (χ2n) is 6.97. The first-order chi connectivity index (χ1) is 14.7. The normalized spacial score (nSPS) is 13.2. The van der Waals surface area contributed by atoms with Crippen LogP contribution in [-0.4, -0.2) is 39.9 Å². The van der Waals surface area contributed by atoms with Crippen LogP contribution in [0.1, 0.15) is 17.2 Å². The fraction of sp³-hybridized carbons (Fsp3) is 0.273. The molecule has 0 aliphatic heterocycles. The lowest BCUT2D eigenvalue weighted by Gasteiger charge is -2.24. The van der Waals surface area contributed by atoms with Gasteiger partial charge in [-0.15, -0.1) is 0 Å². The van der Waals surface area contributed by atoms with Crippen LogP contribution in [0, 0.1) is 0 Å². The molecule has 9 heteroatoms. The highest BCUT2D eigenvalue weighted by Gasteiger charge is 2.43. The Labute approximate surface area is 179 Å². The van der Waals surface area contributed by atoms with E-state index in [-0.39, 0.29) is 28.4 Å². The molecule has 0 spiro atoms. The van der Waals surface area contributed by atoms with E-state index in [1.165, 1.54) is 61.2 Å². The zero-order chi connectivity index (χ0) is 22.6. The second kappa shape index (κ2) is 9.15. The minimum atomic E-state index is -4.52. The minimum absolute atomic E-state index is 0.0270. The molecule has 2 aromatic carbocycles. The molecule has 0 N–H and O–H groups in total. The number of hydrogen-bond acceptors (Lipinski definition) is 3. The number of anilines is 1. The van der Waals surface area contributed by atoms with Gasteiger partial charge in [0.25, 0.3) is 10.0 Å². The lowest BCUT2D eigenvalue weighted by molar-refractivity contribution is -0.142. The van der Waals surface area contributed by atoms with E-state index < -0.39 is 22.1 Å². The van der Waals surface area contributed by atoms with Crippen LogP contribution in [0.2, 0.25) is 0 Å². The number of ether oxygens (including phenoxy) is 1. The Kier molecular flexibility index (Phi) is 6.76. The lowest BCUT2D eigenvalue weighted by Crippen LogP contribution is -2.27. The maximum atomic E-state index is 14.0. The van der Waals surface area contributed by atoms with Crippen molar-refractivity contribution in [3.63, 3.8) is 0 Å². The molecule has 166 valence electrons. The van der Waals surface area contributed by atoms with Crippen molar-refractivity contribution in [1.29, 1.82) is 0 Å². The number of aromatic nitrogens is 1. The van der Waals surface area contributed by atoms with E-state index in [4.69, 9.17) is 4.74 Å².